The maximum Gasteiger partial charge on any atom is 0.303 e. The van der Waals surface area contributed by atoms with Gasteiger partial charge in [-0.2, -0.15) is 5.10 Å². The van der Waals surface area contributed by atoms with Gasteiger partial charge in [0.05, 0.1) is 12.6 Å². The average molecular weight is 276 g/mol. The minimum atomic E-state index is -0.982. The molecule has 2 rings (SSSR count). The van der Waals surface area contributed by atoms with Gasteiger partial charge in [0.25, 0.3) is 0 Å². The van der Waals surface area contributed by atoms with E-state index < -0.39 is 5.97 Å². The van der Waals surface area contributed by atoms with Crippen LogP contribution in [0, 0.1) is 13.8 Å². The van der Waals surface area contributed by atoms with Crippen molar-refractivity contribution in [2.75, 3.05) is 0 Å². The Hall–Kier alpha value is -2.44. The third-order valence-corrected chi connectivity index (χ3v) is 2.89. The Balaban J connectivity index is 2.07. The van der Waals surface area contributed by atoms with Crippen LogP contribution in [0.2, 0.25) is 0 Å². The monoisotopic (exact) mass is 276 g/mol. The maximum atomic E-state index is 11.5. The second kappa shape index (κ2) is 5.68. The Morgan fingerprint density at radius 2 is 2.10 bits per heavy atom. The van der Waals surface area contributed by atoms with E-state index in [2.05, 4.69) is 15.4 Å². The van der Waals surface area contributed by atoms with Gasteiger partial charge in [0.1, 0.15) is 0 Å². The van der Waals surface area contributed by atoms with Crippen molar-refractivity contribution in [3.8, 4) is 0 Å². The van der Waals surface area contributed by atoms with Crippen molar-refractivity contribution in [1.82, 2.24) is 19.9 Å². The standard InChI is InChI=1S/C13H16N4O3/c1-8-5-9(2)17-13(16-8)10(7-15-17)6-14-11(18)3-4-12(19)20/h5,7H,3-4,6H2,1-2H3,(H,14,18)(H,19,20). The van der Waals surface area contributed by atoms with Crippen LogP contribution in [0.5, 0.6) is 0 Å². The molecular formula is C13H16N4O3. The topological polar surface area (TPSA) is 96.6 Å². The Kier molecular flexibility index (Phi) is 3.97. The van der Waals surface area contributed by atoms with Gasteiger partial charge in [-0.1, -0.05) is 0 Å². The molecule has 0 spiro atoms. The van der Waals surface area contributed by atoms with Crippen LogP contribution in [0.1, 0.15) is 29.8 Å². The van der Waals surface area contributed by atoms with E-state index in [0.29, 0.717) is 5.65 Å². The molecule has 0 radical (unpaired) electrons. The summed E-state index contributed by atoms with van der Waals surface area (Å²) in [4.78, 5) is 26.3. The van der Waals surface area contributed by atoms with Crippen LogP contribution in [0.25, 0.3) is 5.65 Å². The van der Waals surface area contributed by atoms with Gasteiger partial charge in [0, 0.05) is 29.9 Å². The third kappa shape index (κ3) is 3.11. The highest BCUT2D eigenvalue weighted by molar-refractivity contribution is 5.80. The van der Waals surface area contributed by atoms with Crippen LogP contribution >= 0.6 is 0 Å². The summed E-state index contributed by atoms with van der Waals surface area (Å²) in [6.07, 6.45) is 1.46. The SMILES string of the molecule is Cc1cc(C)n2ncc(CNC(=O)CCC(=O)O)c2n1. The van der Waals surface area contributed by atoms with Gasteiger partial charge in [-0.25, -0.2) is 9.50 Å². The lowest BCUT2D eigenvalue weighted by atomic mass is 10.2. The minimum absolute atomic E-state index is 0.0277. The van der Waals surface area contributed by atoms with E-state index >= 15 is 0 Å². The van der Waals surface area contributed by atoms with Crippen LogP contribution in [0.4, 0.5) is 0 Å². The van der Waals surface area contributed by atoms with Gasteiger partial charge in [-0.05, 0) is 19.9 Å². The van der Waals surface area contributed by atoms with Crippen LogP contribution in [0.3, 0.4) is 0 Å². The molecule has 0 aromatic carbocycles. The molecule has 2 heterocycles. The fourth-order valence-electron chi connectivity index (χ4n) is 1.94. The summed E-state index contributed by atoms with van der Waals surface area (Å²) in [5.41, 5.74) is 3.37. The Bertz CT molecular complexity index is 663. The lowest BCUT2D eigenvalue weighted by molar-refractivity contribution is -0.138. The van der Waals surface area contributed by atoms with E-state index in [1.807, 2.05) is 19.9 Å². The summed E-state index contributed by atoms with van der Waals surface area (Å²) >= 11 is 0. The molecule has 0 fully saturated rings. The van der Waals surface area contributed by atoms with Crippen LogP contribution in [0.15, 0.2) is 12.3 Å². The van der Waals surface area contributed by atoms with E-state index in [1.165, 1.54) is 0 Å². The first-order chi connectivity index (χ1) is 9.47. The molecule has 2 aromatic rings. The Morgan fingerprint density at radius 3 is 2.80 bits per heavy atom. The molecule has 0 aliphatic rings. The Labute approximate surface area is 115 Å². The van der Waals surface area contributed by atoms with Crippen molar-refractivity contribution in [3.63, 3.8) is 0 Å². The van der Waals surface area contributed by atoms with Crippen LogP contribution in [-0.2, 0) is 16.1 Å². The predicted octanol–water partition coefficient (Wildman–Crippen LogP) is 0.827. The molecular weight excluding hydrogens is 260 g/mol. The van der Waals surface area contributed by atoms with Crippen molar-refractivity contribution < 1.29 is 14.7 Å². The summed E-state index contributed by atoms with van der Waals surface area (Å²) in [7, 11) is 0. The molecule has 20 heavy (non-hydrogen) atoms. The zero-order valence-corrected chi connectivity index (χ0v) is 11.4. The highest BCUT2D eigenvalue weighted by atomic mass is 16.4. The smallest absolute Gasteiger partial charge is 0.303 e. The molecule has 0 saturated heterocycles. The van der Waals surface area contributed by atoms with Gasteiger partial charge < -0.3 is 10.4 Å². The van der Waals surface area contributed by atoms with Crippen molar-refractivity contribution in [1.29, 1.82) is 0 Å². The number of nitrogens with zero attached hydrogens (tertiary/aromatic N) is 3. The quantitative estimate of drug-likeness (QED) is 0.843. The summed E-state index contributed by atoms with van der Waals surface area (Å²) < 4.78 is 1.71. The average Bonchev–Trinajstić information content (AvgIpc) is 2.77. The number of carbonyl (C=O) groups excluding carboxylic acids is 1. The number of hydrogen-bond acceptors (Lipinski definition) is 4. The second-order valence-electron chi connectivity index (χ2n) is 4.61. The Morgan fingerprint density at radius 1 is 1.35 bits per heavy atom. The number of aliphatic carboxylic acids is 1. The summed E-state index contributed by atoms with van der Waals surface area (Å²) in [6.45, 7) is 4.12. The third-order valence-electron chi connectivity index (χ3n) is 2.89. The molecule has 0 saturated carbocycles. The van der Waals surface area contributed by atoms with Gasteiger partial charge >= 0.3 is 5.97 Å². The van der Waals surface area contributed by atoms with Crippen LogP contribution < -0.4 is 5.32 Å². The first kappa shape index (κ1) is 14.0. The number of rotatable bonds is 5. The first-order valence-electron chi connectivity index (χ1n) is 6.26. The number of fused-ring (bicyclic) bond motifs is 1. The van der Waals surface area contributed by atoms with Crippen molar-refractivity contribution >= 4 is 17.5 Å². The molecule has 7 heteroatoms. The lowest BCUT2D eigenvalue weighted by Gasteiger charge is -2.04. The molecule has 2 aromatic heterocycles. The summed E-state index contributed by atoms with van der Waals surface area (Å²) in [5, 5.41) is 15.4. The van der Waals surface area contributed by atoms with Crippen molar-refractivity contribution in [2.45, 2.75) is 33.2 Å². The lowest BCUT2D eigenvalue weighted by Crippen LogP contribution is -2.23. The van der Waals surface area contributed by atoms with E-state index in [4.69, 9.17) is 5.11 Å². The number of amides is 1. The molecule has 0 bridgehead atoms. The van der Waals surface area contributed by atoms with Gasteiger partial charge in [-0.15, -0.1) is 0 Å². The zero-order chi connectivity index (χ0) is 14.7. The first-order valence-corrected chi connectivity index (χ1v) is 6.26. The molecule has 0 atom stereocenters. The second-order valence-corrected chi connectivity index (χ2v) is 4.61. The number of aromatic nitrogens is 3. The number of nitrogens with one attached hydrogen (secondary N) is 1. The van der Waals surface area contributed by atoms with Crippen molar-refractivity contribution in [2.24, 2.45) is 0 Å². The molecule has 7 nitrogen and oxygen atoms in total. The predicted molar refractivity (Wildman–Crippen MR) is 71.2 cm³/mol. The molecule has 0 aliphatic heterocycles. The highest BCUT2D eigenvalue weighted by Crippen LogP contribution is 2.11. The maximum absolute atomic E-state index is 11.5. The number of carbonyl (C=O) groups is 2. The van der Waals surface area contributed by atoms with Gasteiger partial charge in [-0.3, -0.25) is 9.59 Å². The number of aryl methyl sites for hydroxylation is 2. The zero-order valence-electron chi connectivity index (χ0n) is 11.4. The van der Waals surface area contributed by atoms with E-state index in [-0.39, 0.29) is 25.3 Å². The molecule has 106 valence electrons. The molecule has 0 aliphatic carbocycles. The fraction of sp³-hybridized carbons (Fsp3) is 0.385. The number of carboxylic acid groups (broad SMARTS) is 1. The highest BCUT2D eigenvalue weighted by Gasteiger charge is 2.10. The molecule has 2 N–H and O–H groups in total. The summed E-state index contributed by atoms with van der Waals surface area (Å²) in [6, 6.07) is 1.93. The largest absolute Gasteiger partial charge is 0.481 e. The van der Waals surface area contributed by atoms with E-state index in [0.717, 1.165) is 17.0 Å². The van der Waals surface area contributed by atoms with Crippen molar-refractivity contribution in [3.05, 3.63) is 29.2 Å². The number of hydrogen-bond donors (Lipinski definition) is 2. The van der Waals surface area contributed by atoms with Crippen LogP contribution in [-0.4, -0.2) is 31.6 Å². The normalized spacial score (nSPS) is 10.7. The van der Waals surface area contributed by atoms with Gasteiger partial charge in [0.2, 0.25) is 5.91 Å². The van der Waals surface area contributed by atoms with E-state index in [9.17, 15) is 9.59 Å². The molecule has 1 amide bonds. The fourth-order valence-corrected chi connectivity index (χ4v) is 1.94. The summed E-state index contributed by atoms with van der Waals surface area (Å²) in [5.74, 6) is -1.28. The van der Waals surface area contributed by atoms with Gasteiger partial charge in [0.15, 0.2) is 5.65 Å². The number of carboxylic acids is 1. The minimum Gasteiger partial charge on any atom is -0.481 e. The molecule has 0 unspecified atom stereocenters. The van der Waals surface area contributed by atoms with E-state index in [1.54, 1.807) is 10.7 Å².